The van der Waals surface area contributed by atoms with Crippen molar-refractivity contribution in [2.75, 3.05) is 11.9 Å². The molecule has 2 aromatic heterocycles. The van der Waals surface area contributed by atoms with Gasteiger partial charge in [-0.2, -0.15) is 5.10 Å². The number of hydrogen-bond acceptors (Lipinski definition) is 5. The highest BCUT2D eigenvalue weighted by Gasteiger charge is 2.35. The Bertz CT molecular complexity index is 611. The maximum atomic E-state index is 10.2. The summed E-state index contributed by atoms with van der Waals surface area (Å²) in [6, 6.07) is 0. The van der Waals surface area contributed by atoms with E-state index in [2.05, 4.69) is 27.3 Å². The van der Waals surface area contributed by atoms with Gasteiger partial charge in [-0.05, 0) is 12.8 Å². The topological polar surface area (TPSA) is 75.9 Å². The summed E-state index contributed by atoms with van der Waals surface area (Å²) < 4.78 is 1.74. The second kappa shape index (κ2) is 5.01. The number of fused-ring (bicyclic) bond motifs is 1. The SMILES string of the molecule is Cn1ncc2c(NCC3(C)CCCCC3O)ncnc21. The lowest BCUT2D eigenvalue weighted by Crippen LogP contribution is -2.41. The zero-order valence-corrected chi connectivity index (χ0v) is 12.0. The first-order chi connectivity index (χ1) is 9.60. The quantitative estimate of drug-likeness (QED) is 0.892. The van der Waals surface area contributed by atoms with Crippen LogP contribution in [0.5, 0.6) is 0 Å². The molecule has 1 fully saturated rings. The van der Waals surface area contributed by atoms with Gasteiger partial charge in [-0.25, -0.2) is 9.97 Å². The number of rotatable bonds is 3. The van der Waals surface area contributed by atoms with Gasteiger partial charge in [0.15, 0.2) is 5.65 Å². The van der Waals surface area contributed by atoms with Gasteiger partial charge < -0.3 is 10.4 Å². The van der Waals surface area contributed by atoms with Gasteiger partial charge in [0.2, 0.25) is 0 Å². The minimum Gasteiger partial charge on any atom is -0.392 e. The molecule has 3 rings (SSSR count). The normalized spacial score (nSPS) is 26.9. The first-order valence-electron chi connectivity index (χ1n) is 7.15. The molecule has 2 heterocycles. The van der Waals surface area contributed by atoms with E-state index in [1.807, 2.05) is 7.05 Å². The lowest BCUT2D eigenvalue weighted by Gasteiger charge is -2.38. The van der Waals surface area contributed by atoms with Gasteiger partial charge in [-0.1, -0.05) is 19.8 Å². The van der Waals surface area contributed by atoms with Crippen LogP contribution in [0.15, 0.2) is 12.5 Å². The molecule has 0 aliphatic heterocycles. The third-order valence-electron chi connectivity index (χ3n) is 4.47. The van der Waals surface area contributed by atoms with Gasteiger partial charge in [0.25, 0.3) is 0 Å². The molecule has 6 nitrogen and oxygen atoms in total. The number of hydrogen-bond donors (Lipinski definition) is 2. The van der Waals surface area contributed by atoms with Crippen LogP contribution >= 0.6 is 0 Å². The highest BCUT2D eigenvalue weighted by Crippen LogP contribution is 2.36. The van der Waals surface area contributed by atoms with Gasteiger partial charge in [-0.3, -0.25) is 4.68 Å². The van der Waals surface area contributed by atoms with Crippen molar-refractivity contribution in [3.63, 3.8) is 0 Å². The average Bonchev–Trinajstić information content (AvgIpc) is 2.83. The molecule has 1 aliphatic rings. The molecular formula is C14H21N5O. The monoisotopic (exact) mass is 275 g/mol. The summed E-state index contributed by atoms with van der Waals surface area (Å²) in [6.07, 6.45) is 7.32. The predicted molar refractivity (Wildman–Crippen MR) is 77.4 cm³/mol. The molecule has 2 atom stereocenters. The van der Waals surface area contributed by atoms with E-state index in [0.717, 1.165) is 42.7 Å². The van der Waals surface area contributed by atoms with Crippen molar-refractivity contribution in [2.45, 2.75) is 38.7 Å². The van der Waals surface area contributed by atoms with Crippen molar-refractivity contribution in [1.29, 1.82) is 0 Å². The maximum absolute atomic E-state index is 10.2. The van der Waals surface area contributed by atoms with Crippen LogP contribution in [0.4, 0.5) is 5.82 Å². The van der Waals surface area contributed by atoms with E-state index in [-0.39, 0.29) is 11.5 Å². The third kappa shape index (κ3) is 2.24. The highest BCUT2D eigenvalue weighted by molar-refractivity contribution is 5.85. The summed E-state index contributed by atoms with van der Waals surface area (Å²) in [7, 11) is 1.87. The Labute approximate surface area is 118 Å². The number of anilines is 1. The Morgan fingerprint density at radius 2 is 2.30 bits per heavy atom. The largest absolute Gasteiger partial charge is 0.392 e. The van der Waals surface area contributed by atoms with Gasteiger partial charge in [0, 0.05) is 19.0 Å². The summed E-state index contributed by atoms with van der Waals surface area (Å²) in [6.45, 7) is 2.86. The summed E-state index contributed by atoms with van der Waals surface area (Å²) in [5, 5.41) is 18.7. The molecule has 0 bridgehead atoms. The number of aryl methyl sites for hydroxylation is 1. The van der Waals surface area contributed by atoms with Crippen LogP contribution < -0.4 is 5.32 Å². The van der Waals surface area contributed by atoms with Crippen molar-refractivity contribution in [3.05, 3.63) is 12.5 Å². The van der Waals surface area contributed by atoms with Crippen LogP contribution in [0.3, 0.4) is 0 Å². The van der Waals surface area contributed by atoms with Crippen molar-refractivity contribution < 1.29 is 5.11 Å². The van der Waals surface area contributed by atoms with E-state index in [1.54, 1.807) is 17.2 Å². The van der Waals surface area contributed by atoms with Crippen LogP contribution in [-0.2, 0) is 7.05 Å². The zero-order chi connectivity index (χ0) is 14.2. The molecule has 2 unspecified atom stereocenters. The van der Waals surface area contributed by atoms with E-state index < -0.39 is 0 Å². The molecule has 108 valence electrons. The Morgan fingerprint density at radius 1 is 1.45 bits per heavy atom. The van der Waals surface area contributed by atoms with Crippen LogP contribution in [0.1, 0.15) is 32.6 Å². The van der Waals surface area contributed by atoms with E-state index in [4.69, 9.17) is 0 Å². The minimum absolute atomic E-state index is 0.0856. The second-order valence-corrected chi connectivity index (χ2v) is 6.00. The van der Waals surface area contributed by atoms with E-state index >= 15 is 0 Å². The Hall–Kier alpha value is -1.69. The number of aliphatic hydroxyl groups is 1. The van der Waals surface area contributed by atoms with E-state index in [9.17, 15) is 5.11 Å². The molecule has 0 spiro atoms. The molecule has 2 N–H and O–H groups in total. The fourth-order valence-corrected chi connectivity index (χ4v) is 2.98. The minimum atomic E-state index is -0.241. The molecular weight excluding hydrogens is 254 g/mol. The van der Waals surface area contributed by atoms with Gasteiger partial charge in [0.1, 0.15) is 12.1 Å². The van der Waals surface area contributed by atoms with Crippen molar-refractivity contribution in [1.82, 2.24) is 19.7 Å². The molecule has 20 heavy (non-hydrogen) atoms. The van der Waals surface area contributed by atoms with Crippen molar-refractivity contribution in [2.24, 2.45) is 12.5 Å². The Kier molecular flexibility index (Phi) is 3.33. The molecule has 0 aromatic carbocycles. The first kappa shape index (κ1) is 13.3. The van der Waals surface area contributed by atoms with E-state index in [1.165, 1.54) is 6.42 Å². The number of nitrogens with one attached hydrogen (secondary N) is 1. The summed E-state index contributed by atoms with van der Waals surface area (Å²) in [4.78, 5) is 8.53. The average molecular weight is 275 g/mol. The lowest BCUT2D eigenvalue weighted by atomic mass is 9.73. The van der Waals surface area contributed by atoms with Gasteiger partial charge in [-0.15, -0.1) is 0 Å². The third-order valence-corrected chi connectivity index (χ3v) is 4.47. The molecule has 6 heteroatoms. The fraction of sp³-hybridized carbons (Fsp3) is 0.643. The second-order valence-electron chi connectivity index (χ2n) is 6.00. The summed E-state index contributed by atoms with van der Waals surface area (Å²) in [5.41, 5.74) is 0.731. The van der Waals surface area contributed by atoms with Crippen LogP contribution in [-0.4, -0.2) is 37.5 Å². The molecule has 2 aromatic rings. The maximum Gasteiger partial charge on any atom is 0.163 e. The highest BCUT2D eigenvalue weighted by atomic mass is 16.3. The molecule has 0 amide bonds. The zero-order valence-electron chi connectivity index (χ0n) is 12.0. The Morgan fingerprint density at radius 3 is 3.10 bits per heavy atom. The van der Waals surface area contributed by atoms with Crippen molar-refractivity contribution >= 4 is 16.9 Å². The van der Waals surface area contributed by atoms with Crippen LogP contribution in [0.2, 0.25) is 0 Å². The van der Waals surface area contributed by atoms with Crippen LogP contribution in [0, 0.1) is 5.41 Å². The van der Waals surface area contributed by atoms with E-state index in [0.29, 0.717) is 0 Å². The standard InChI is InChI=1S/C14H21N5O/c1-14(6-4-3-5-11(14)20)8-15-12-10-7-18-19(2)13(10)17-9-16-12/h7,9,11,20H,3-6,8H2,1-2H3,(H,15,16,17). The number of aromatic nitrogens is 4. The summed E-state index contributed by atoms with van der Waals surface area (Å²) in [5.74, 6) is 0.794. The van der Waals surface area contributed by atoms with Crippen molar-refractivity contribution in [3.8, 4) is 0 Å². The van der Waals surface area contributed by atoms with Gasteiger partial charge >= 0.3 is 0 Å². The summed E-state index contributed by atoms with van der Waals surface area (Å²) >= 11 is 0. The fourth-order valence-electron chi connectivity index (χ4n) is 2.98. The molecule has 0 radical (unpaired) electrons. The number of nitrogens with zero attached hydrogens (tertiary/aromatic N) is 4. The number of aliphatic hydroxyl groups excluding tert-OH is 1. The molecule has 0 saturated heterocycles. The molecule has 1 saturated carbocycles. The predicted octanol–water partition coefficient (Wildman–Crippen LogP) is 1.72. The van der Waals surface area contributed by atoms with Gasteiger partial charge in [0.05, 0.1) is 17.7 Å². The first-order valence-corrected chi connectivity index (χ1v) is 7.15. The molecule has 1 aliphatic carbocycles. The smallest absolute Gasteiger partial charge is 0.163 e. The lowest BCUT2D eigenvalue weighted by molar-refractivity contribution is 0.00960. The van der Waals surface area contributed by atoms with Crippen LogP contribution in [0.25, 0.3) is 11.0 Å². The Balaban J connectivity index is 1.80.